The SMILES string of the molecule is CCOC(OC)c1nn(C)c(NC)c1N. The Morgan fingerprint density at radius 2 is 2.27 bits per heavy atom. The van der Waals surface area contributed by atoms with Gasteiger partial charge in [-0.2, -0.15) is 5.10 Å². The monoisotopic (exact) mass is 214 g/mol. The Bertz CT molecular complexity index is 324. The number of aromatic nitrogens is 2. The maximum absolute atomic E-state index is 5.92. The molecule has 0 aromatic carbocycles. The van der Waals surface area contributed by atoms with Crippen molar-refractivity contribution in [1.29, 1.82) is 0 Å². The van der Waals surface area contributed by atoms with Gasteiger partial charge in [0.1, 0.15) is 17.2 Å². The van der Waals surface area contributed by atoms with Gasteiger partial charge in [-0.3, -0.25) is 4.68 Å². The number of nitrogens with two attached hydrogens (primary N) is 1. The third-order valence-electron chi connectivity index (χ3n) is 2.10. The molecule has 0 spiro atoms. The molecule has 86 valence electrons. The number of hydrogen-bond donors (Lipinski definition) is 2. The first-order valence-electron chi connectivity index (χ1n) is 4.80. The molecule has 3 N–H and O–H groups in total. The van der Waals surface area contributed by atoms with Gasteiger partial charge in [0.25, 0.3) is 0 Å². The van der Waals surface area contributed by atoms with E-state index >= 15 is 0 Å². The van der Waals surface area contributed by atoms with Crippen molar-refractivity contribution >= 4 is 11.5 Å². The predicted octanol–water partition coefficient (Wildman–Crippen LogP) is 0.726. The zero-order valence-corrected chi connectivity index (χ0v) is 9.57. The number of anilines is 2. The number of nitrogens with zero attached hydrogens (tertiary/aromatic N) is 2. The van der Waals surface area contributed by atoms with Crippen molar-refractivity contribution in [2.45, 2.75) is 13.2 Å². The number of nitrogen functional groups attached to an aromatic ring is 1. The Kier molecular flexibility index (Phi) is 3.93. The molecule has 1 atom stereocenters. The van der Waals surface area contributed by atoms with Crippen molar-refractivity contribution < 1.29 is 9.47 Å². The van der Waals surface area contributed by atoms with E-state index in [1.807, 2.05) is 14.0 Å². The van der Waals surface area contributed by atoms with E-state index in [1.54, 1.807) is 18.8 Å². The molecule has 0 amide bonds. The van der Waals surface area contributed by atoms with Crippen LogP contribution in [0.15, 0.2) is 0 Å². The van der Waals surface area contributed by atoms with Crippen molar-refractivity contribution in [2.24, 2.45) is 7.05 Å². The standard InChI is InChI=1S/C9H18N4O2/c1-5-15-9(14-4)7-6(10)8(11-2)13(3)12-7/h9,11H,5,10H2,1-4H3. The molecule has 1 aromatic heterocycles. The summed E-state index contributed by atoms with van der Waals surface area (Å²) in [5.74, 6) is 0.756. The quantitative estimate of drug-likeness (QED) is 0.707. The van der Waals surface area contributed by atoms with Crippen LogP contribution in [0.2, 0.25) is 0 Å². The van der Waals surface area contributed by atoms with Crippen LogP contribution in [0.1, 0.15) is 18.9 Å². The molecule has 0 bridgehead atoms. The Hall–Kier alpha value is -1.27. The lowest BCUT2D eigenvalue weighted by Gasteiger charge is -2.13. The van der Waals surface area contributed by atoms with Crippen LogP contribution in [0, 0.1) is 0 Å². The zero-order chi connectivity index (χ0) is 11.4. The van der Waals surface area contributed by atoms with Crippen LogP contribution in [0.5, 0.6) is 0 Å². The minimum absolute atomic E-state index is 0.511. The lowest BCUT2D eigenvalue weighted by atomic mass is 10.3. The van der Waals surface area contributed by atoms with Gasteiger partial charge in [-0.15, -0.1) is 0 Å². The molecular formula is C9H18N4O2. The largest absolute Gasteiger partial charge is 0.394 e. The predicted molar refractivity (Wildman–Crippen MR) is 58.5 cm³/mol. The molecule has 0 saturated carbocycles. The molecular weight excluding hydrogens is 196 g/mol. The summed E-state index contributed by atoms with van der Waals surface area (Å²) in [6, 6.07) is 0. The van der Waals surface area contributed by atoms with E-state index in [0.29, 0.717) is 18.0 Å². The fourth-order valence-corrected chi connectivity index (χ4v) is 1.44. The molecule has 6 heteroatoms. The van der Waals surface area contributed by atoms with Gasteiger partial charge in [0.15, 0.2) is 0 Å². The van der Waals surface area contributed by atoms with Gasteiger partial charge >= 0.3 is 0 Å². The van der Waals surface area contributed by atoms with Crippen LogP contribution in [0.4, 0.5) is 11.5 Å². The molecule has 1 heterocycles. The molecule has 0 saturated heterocycles. The highest BCUT2D eigenvalue weighted by Crippen LogP contribution is 2.28. The molecule has 0 aliphatic carbocycles. The van der Waals surface area contributed by atoms with Gasteiger partial charge in [-0.05, 0) is 6.92 Å². The Morgan fingerprint density at radius 3 is 2.67 bits per heavy atom. The minimum Gasteiger partial charge on any atom is -0.394 e. The Morgan fingerprint density at radius 1 is 1.60 bits per heavy atom. The van der Waals surface area contributed by atoms with Crippen molar-refractivity contribution in [2.75, 3.05) is 31.8 Å². The van der Waals surface area contributed by atoms with E-state index in [-0.39, 0.29) is 0 Å². The van der Waals surface area contributed by atoms with Crippen LogP contribution in [-0.2, 0) is 16.5 Å². The number of hydrogen-bond acceptors (Lipinski definition) is 5. The van der Waals surface area contributed by atoms with Crippen LogP contribution in [0.3, 0.4) is 0 Å². The fraction of sp³-hybridized carbons (Fsp3) is 0.667. The van der Waals surface area contributed by atoms with Gasteiger partial charge in [-0.25, -0.2) is 0 Å². The van der Waals surface area contributed by atoms with Crippen LogP contribution in [0.25, 0.3) is 0 Å². The number of rotatable bonds is 5. The molecule has 0 radical (unpaired) electrons. The van der Waals surface area contributed by atoms with E-state index in [2.05, 4.69) is 10.4 Å². The van der Waals surface area contributed by atoms with Gasteiger partial charge in [0.2, 0.25) is 6.29 Å². The normalized spacial score (nSPS) is 12.8. The molecule has 0 aliphatic rings. The number of ether oxygens (including phenoxy) is 2. The first-order valence-corrected chi connectivity index (χ1v) is 4.80. The number of methoxy groups -OCH3 is 1. The molecule has 15 heavy (non-hydrogen) atoms. The second-order valence-electron chi connectivity index (χ2n) is 3.04. The van der Waals surface area contributed by atoms with E-state index in [9.17, 15) is 0 Å². The summed E-state index contributed by atoms with van der Waals surface area (Å²) >= 11 is 0. The van der Waals surface area contributed by atoms with E-state index in [1.165, 1.54) is 0 Å². The molecule has 1 unspecified atom stereocenters. The van der Waals surface area contributed by atoms with Crippen molar-refractivity contribution in [3.63, 3.8) is 0 Å². The molecule has 1 aromatic rings. The second kappa shape index (κ2) is 4.99. The average Bonchev–Trinajstić information content (AvgIpc) is 2.50. The summed E-state index contributed by atoms with van der Waals surface area (Å²) < 4.78 is 12.2. The van der Waals surface area contributed by atoms with E-state index in [4.69, 9.17) is 15.2 Å². The third kappa shape index (κ3) is 2.21. The summed E-state index contributed by atoms with van der Waals surface area (Å²) in [5, 5.41) is 7.22. The van der Waals surface area contributed by atoms with E-state index < -0.39 is 6.29 Å². The highest BCUT2D eigenvalue weighted by atomic mass is 16.7. The van der Waals surface area contributed by atoms with Crippen LogP contribution >= 0.6 is 0 Å². The number of nitrogens with one attached hydrogen (secondary N) is 1. The van der Waals surface area contributed by atoms with Gasteiger partial charge in [0.05, 0.1) is 0 Å². The first-order chi connectivity index (χ1) is 7.15. The topological polar surface area (TPSA) is 74.3 Å². The second-order valence-corrected chi connectivity index (χ2v) is 3.04. The summed E-state index contributed by atoms with van der Waals surface area (Å²) in [4.78, 5) is 0. The third-order valence-corrected chi connectivity index (χ3v) is 2.10. The average molecular weight is 214 g/mol. The molecule has 1 rings (SSSR count). The van der Waals surface area contributed by atoms with E-state index in [0.717, 1.165) is 5.82 Å². The zero-order valence-electron chi connectivity index (χ0n) is 9.57. The highest BCUT2D eigenvalue weighted by Gasteiger charge is 2.21. The van der Waals surface area contributed by atoms with Crippen molar-refractivity contribution in [3.8, 4) is 0 Å². The molecule has 0 fully saturated rings. The minimum atomic E-state index is -0.511. The van der Waals surface area contributed by atoms with Crippen molar-refractivity contribution in [3.05, 3.63) is 5.69 Å². The number of aryl methyl sites for hydroxylation is 1. The summed E-state index contributed by atoms with van der Waals surface area (Å²) in [6.07, 6.45) is -0.511. The van der Waals surface area contributed by atoms with Gasteiger partial charge in [0, 0.05) is 27.8 Å². The van der Waals surface area contributed by atoms with Gasteiger partial charge < -0.3 is 20.5 Å². The summed E-state index contributed by atoms with van der Waals surface area (Å²) in [5.41, 5.74) is 7.07. The fourth-order valence-electron chi connectivity index (χ4n) is 1.44. The van der Waals surface area contributed by atoms with Crippen LogP contribution in [-0.4, -0.2) is 30.5 Å². The maximum Gasteiger partial charge on any atom is 0.204 e. The lowest BCUT2D eigenvalue weighted by molar-refractivity contribution is -0.126. The summed E-state index contributed by atoms with van der Waals surface area (Å²) in [6.45, 7) is 2.44. The molecule has 0 aliphatic heterocycles. The Balaban J connectivity index is 3.02. The maximum atomic E-state index is 5.92. The smallest absolute Gasteiger partial charge is 0.204 e. The molecule has 6 nitrogen and oxygen atoms in total. The lowest BCUT2D eigenvalue weighted by Crippen LogP contribution is -2.09. The first kappa shape index (κ1) is 11.8. The Labute approximate surface area is 89.3 Å². The highest BCUT2D eigenvalue weighted by molar-refractivity contribution is 5.65. The van der Waals surface area contributed by atoms with Crippen molar-refractivity contribution in [1.82, 2.24) is 9.78 Å². The van der Waals surface area contributed by atoms with Crippen LogP contribution < -0.4 is 11.1 Å². The summed E-state index contributed by atoms with van der Waals surface area (Å²) in [7, 11) is 5.16. The van der Waals surface area contributed by atoms with Gasteiger partial charge in [-0.1, -0.05) is 0 Å².